The predicted molar refractivity (Wildman–Crippen MR) is 69.9 cm³/mol. The van der Waals surface area contributed by atoms with Crippen molar-refractivity contribution in [3.05, 3.63) is 6.33 Å². The van der Waals surface area contributed by atoms with Crippen molar-refractivity contribution in [1.82, 2.24) is 9.97 Å². The third kappa shape index (κ3) is 2.48. The van der Waals surface area contributed by atoms with Crippen molar-refractivity contribution in [2.24, 2.45) is 0 Å². The molecule has 1 aromatic rings. The molecule has 18 heavy (non-hydrogen) atoms. The standard InChI is InChI=1S/C12H20N4O2/c1-3-9-7-17-6-5-16(9)11-10(13)12(18-4-2)15-8-14-11/h8-9H,3-7,13H2,1-2H3. The van der Waals surface area contributed by atoms with E-state index < -0.39 is 0 Å². The molecule has 1 saturated heterocycles. The van der Waals surface area contributed by atoms with E-state index in [0.717, 1.165) is 18.8 Å². The Labute approximate surface area is 107 Å². The smallest absolute Gasteiger partial charge is 0.242 e. The van der Waals surface area contributed by atoms with E-state index in [1.165, 1.54) is 6.33 Å². The van der Waals surface area contributed by atoms with Gasteiger partial charge in [-0.1, -0.05) is 6.92 Å². The van der Waals surface area contributed by atoms with Crippen LogP contribution in [0.1, 0.15) is 20.3 Å². The lowest BCUT2D eigenvalue weighted by Crippen LogP contribution is -2.46. The Morgan fingerprint density at radius 1 is 1.50 bits per heavy atom. The van der Waals surface area contributed by atoms with E-state index >= 15 is 0 Å². The summed E-state index contributed by atoms with van der Waals surface area (Å²) in [5.74, 6) is 1.22. The van der Waals surface area contributed by atoms with Gasteiger partial charge in [0.25, 0.3) is 0 Å². The van der Waals surface area contributed by atoms with Crippen LogP contribution in [0.3, 0.4) is 0 Å². The zero-order chi connectivity index (χ0) is 13.0. The summed E-state index contributed by atoms with van der Waals surface area (Å²) in [7, 11) is 0. The number of hydrogen-bond acceptors (Lipinski definition) is 6. The second-order valence-electron chi connectivity index (χ2n) is 4.18. The normalized spacial score (nSPS) is 19.9. The molecule has 0 bridgehead atoms. The molecule has 0 aromatic carbocycles. The van der Waals surface area contributed by atoms with Crippen LogP contribution < -0.4 is 15.4 Å². The number of nitrogen functional groups attached to an aromatic ring is 1. The van der Waals surface area contributed by atoms with Crippen LogP contribution in [0.4, 0.5) is 11.5 Å². The summed E-state index contributed by atoms with van der Waals surface area (Å²) in [5.41, 5.74) is 6.60. The minimum Gasteiger partial charge on any atom is -0.476 e. The number of nitrogens with two attached hydrogens (primary N) is 1. The van der Waals surface area contributed by atoms with Crippen LogP contribution in [0.5, 0.6) is 5.88 Å². The van der Waals surface area contributed by atoms with E-state index in [1.54, 1.807) is 0 Å². The van der Waals surface area contributed by atoms with Crippen molar-refractivity contribution in [2.75, 3.05) is 37.0 Å². The van der Waals surface area contributed by atoms with Gasteiger partial charge in [-0.25, -0.2) is 4.98 Å². The van der Waals surface area contributed by atoms with Crippen LogP contribution in [-0.4, -0.2) is 42.4 Å². The fourth-order valence-electron chi connectivity index (χ4n) is 2.12. The van der Waals surface area contributed by atoms with Crippen molar-refractivity contribution >= 4 is 11.5 Å². The first kappa shape index (κ1) is 12.9. The number of rotatable bonds is 4. The van der Waals surface area contributed by atoms with Gasteiger partial charge in [0.1, 0.15) is 12.0 Å². The van der Waals surface area contributed by atoms with Crippen LogP contribution in [0.25, 0.3) is 0 Å². The molecule has 1 aromatic heterocycles. The average Bonchev–Trinajstić information content (AvgIpc) is 2.41. The fraction of sp³-hybridized carbons (Fsp3) is 0.667. The maximum absolute atomic E-state index is 6.08. The van der Waals surface area contributed by atoms with Gasteiger partial charge < -0.3 is 20.1 Å². The summed E-state index contributed by atoms with van der Waals surface area (Å²) in [4.78, 5) is 10.5. The quantitative estimate of drug-likeness (QED) is 0.864. The number of anilines is 2. The Kier molecular flexibility index (Phi) is 4.19. The highest BCUT2D eigenvalue weighted by molar-refractivity contribution is 5.68. The first-order chi connectivity index (χ1) is 8.77. The van der Waals surface area contributed by atoms with E-state index in [-0.39, 0.29) is 0 Å². The molecular formula is C12H20N4O2. The minimum absolute atomic E-state index is 0.311. The summed E-state index contributed by atoms with van der Waals surface area (Å²) < 4.78 is 10.9. The predicted octanol–water partition coefficient (Wildman–Crippen LogP) is 1.07. The monoisotopic (exact) mass is 252 g/mol. The van der Waals surface area contributed by atoms with Crippen molar-refractivity contribution in [3.63, 3.8) is 0 Å². The van der Waals surface area contributed by atoms with Gasteiger partial charge in [-0.2, -0.15) is 4.98 Å². The summed E-state index contributed by atoms with van der Waals surface area (Å²) in [6.45, 7) is 6.79. The third-order valence-electron chi connectivity index (χ3n) is 3.08. The van der Waals surface area contributed by atoms with Crippen LogP contribution >= 0.6 is 0 Å². The molecule has 0 saturated carbocycles. The lowest BCUT2D eigenvalue weighted by molar-refractivity contribution is 0.0926. The molecule has 1 aliphatic heterocycles. The molecule has 6 nitrogen and oxygen atoms in total. The summed E-state index contributed by atoms with van der Waals surface area (Å²) >= 11 is 0. The van der Waals surface area contributed by atoms with Crippen LogP contribution in [-0.2, 0) is 4.74 Å². The van der Waals surface area contributed by atoms with Crippen molar-refractivity contribution in [1.29, 1.82) is 0 Å². The summed E-state index contributed by atoms with van der Waals surface area (Å²) in [5, 5.41) is 0. The number of nitrogens with zero attached hydrogens (tertiary/aromatic N) is 3. The largest absolute Gasteiger partial charge is 0.476 e. The maximum atomic E-state index is 6.08. The van der Waals surface area contributed by atoms with E-state index in [4.69, 9.17) is 15.2 Å². The topological polar surface area (TPSA) is 73.5 Å². The molecule has 1 aliphatic rings. The zero-order valence-corrected chi connectivity index (χ0v) is 10.9. The van der Waals surface area contributed by atoms with Crippen molar-refractivity contribution in [2.45, 2.75) is 26.3 Å². The fourth-order valence-corrected chi connectivity index (χ4v) is 2.12. The second-order valence-corrected chi connectivity index (χ2v) is 4.18. The maximum Gasteiger partial charge on any atom is 0.242 e. The molecule has 0 aliphatic carbocycles. The molecule has 2 heterocycles. The highest BCUT2D eigenvalue weighted by Gasteiger charge is 2.25. The van der Waals surface area contributed by atoms with Gasteiger partial charge >= 0.3 is 0 Å². The number of morpholine rings is 1. The molecule has 6 heteroatoms. The van der Waals surface area contributed by atoms with E-state index in [0.29, 0.717) is 37.4 Å². The lowest BCUT2D eigenvalue weighted by Gasteiger charge is -2.36. The molecule has 1 atom stereocenters. The molecular weight excluding hydrogens is 232 g/mol. The van der Waals surface area contributed by atoms with Gasteiger partial charge in [-0.15, -0.1) is 0 Å². The van der Waals surface area contributed by atoms with E-state index in [2.05, 4.69) is 21.8 Å². The van der Waals surface area contributed by atoms with Gasteiger partial charge in [0.2, 0.25) is 5.88 Å². The first-order valence-corrected chi connectivity index (χ1v) is 6.35. The van der Waals surface area contributed by atoms with Gasteiger partial charge in [0.05, 0.1) is 25.9 Å². The lowest BCUT2D eigenvalue weighted by atomic mass is 10.1. The van der Waals surface area contributed by atoms with Gasteiger partial charge in [-0.3, -0.25) is 0 Å². The molecule has 100 valence electrons. The minimum atomic E-state index is 0.311. The Bertz CT molecular complexity index is 400. The van der Waals surface area contributed by atoms with E-state index in [1.807, 2.05) is 6.92 Å². The SMILES string of the molecule is CCOc1ncnc(N2CCOCC2CC)c1N. The molecule has 1 unspecified atom stereocenters. The van der Waals surface area contributed by atoms with Crippen LogP contribution in [0, 0.1) is 0 Å². The molecule has 2 N–H and O–H groups in total. The first-order valence-electron chi connectivity index (χ1n) is 6.35. The van der Waals surface area contributed by atoms with Gasteiger partial charge in [-0.05, 0) is 13.3 Å². The Hall–Kier alpha value is -1.56. The second kappa shape index (κ2) is 5.86. The Balaban J connectivity index is 2.28. The number of hydrogen-bond donors (Lipinski definition) is 1. The van der Waals surface area contributed by atoms with Crippen LogP contribution in [0.2, 0.25) is 0 Å². The molecule has 2 rings (SSSR count). The molecule has 0 spiro atoms. The van der Waals surface area contributed by atoms with Crippen molar-refractivity contribution < 1.29 is 9.47 Å². The van der Waals surface area contributed by atoms with E-state index in [9.17, 15) is 0 Å². The van der Waals surface area contributed by atoms with Crippen molar-refractivity contribution in [3.8, 4) is 5.88 Å². The van der Waals surface area contributed by atoms with Gasteiger partial charge in [0.15, 0.2) is 5.82 Å². The zero-order valence-electron chi connectivity index (χ0n) is 10.9. The number of aromatic nitrogens is 2. The summed E-state index contributed by atoms with van der Waals surface area (Å²) in [6, 6.07) is 0.311. The Morgan fingerprint density at radius 2 is 2.33 bits per heavy atom. The highest BCUT2D eigenvalue weighted by atomic mass is 16.5. The third-order valence-corrected chi connectivity index (χ3v) is 3.08. The highest BCUT2D eigenvalue weighted by Crippen LogP contribution is 2.30. The van der Waals surface area contributed by atoms with Crippen LogP contribution in [0.15, 0.2) is 6.33 Å². The Morgan fingerprint density at radius 3 is 3.06 bits per heavy atom. The average molecular weight is 252 g/mol. The summed E-state index contributed by atoms with van der Waals surface area (Å²) in [6.07, 6.45) is 2.49. The number of ether oxygens (including phenoxy) is 2. The molecule has 1 fully saturated rings. The molecule has 0 amide bonds. The molecule has 0 radical (unpaired) electrons. The van der Waals surface area contributed by atoms with Gasteiger partial charge in [0, 0.05) is 6.54 Å².